The van der Waals surface area contributed by atoms with Gasteiger partial charge in [0.2, 0.25) is 5.91 Å². The van der Waals surface area contributed by atoms with Gasteiger partial charge in [-0.3, -0.25) is 14.7 Å². The summed E-state index contributed by atoms with van der Waals surface area (Å²) in [6.45, 7) is 3.22. The summed E-state index contributed by atoms with van der Waals surface area (Å²) in [5, 5.41) is 2.62. The second-order valence-electron chi connectivity index (χ2n) is 7.01. The van der Waals surface area contributed by atoms with Crippen molar-refractivity contribution >= 4 is 23.4 Å². The predicted molar refractivity (Wildman–Crippen MR) is 102 cm³/mol. The van der Waals surface area contributed by atoms with Gasteiger partial charge in [0.15, 0.2) is 0 Å². The molecule has 0 aliphatic carbocycles. The molecular weight excluding hydrogens is 363 g/mol. The highest BCUT2D eigenvalue weighted by Crippen LogP contribution is 2.30. The summed E-state index contributed by atoms with van der Waals surface area (Å²) in [5.41, 5.74) is 3.28. The van der Waals surface area contributed by atoms with Crippen molar-refractivity contribution in [3.8, 4) is 0 Å². The number of amides is 2. The molecular formula is C20H21FN4O3. The molecule has 2 aliphatic heterocycles. The normalized spacial score (nSPS) is 18.6. The molecule has 1 atom stereocenters. The van der Waals surface area contributed by atoms with Crippen LogP contribution >= 0.6 is 0 Å². The van der Waals surface area contributed by atoms with E-state index in [4.69, 9.17) is 4.74 Å². The van der Waals surface area contributed by atoms with E-state index in [-0.39, 0.29) is 24.8 Å². The molecule has 3 heterocycles. The van der Waals surface area contributed by atoms with E-state index in [0.717, 1.165) is 18.5 Å². The van der Waals surface area contributed by atoms with Crippen LogP contribution in [0.1, 0.15) is 18.1 Å². The number of cyclic esters (lactones) is 1. The maximum absolute atomic E-state index is 14.8. The molecule has 2 amide bonds. The minimum absolute atomic E-state index is 0.191. The van der Waals surface area contributed by atoms with E-state index >= 15 is 0 Å². The highest BCUT2D eigenvalue weighted by Gasteiger charge is 2.33. The molecule has 0 bridgehead atoms. The number of aromatic nitrogens is 1. The zero-order chi connectivity index (χ0) is 19.7. The van der Waals surface area contributed by atoms with Gasteiger partial charge in [-0.1, -0.05) is 0 Å². The second-order valence-corrected chi connectivity index (χ2v) is 7.01. The molecule has 0 spiro atoms. The quantitative estimate of drug-likeness (QED) is 0.875. The minimum Gasteiger partial charge on any atom is -0.442 e. The van der Waals surface area contributed by atoms with Crippen LogP contribution in [0.3, 0.4) is 0 Å². The summed E-state index contributed by atoms with van der Waals surface area (Å²) in [4.78, 5) is 30.6. The molecule has 0 radical (unpaired) electrons. The van der Waals surface area contributed by atoms with E-state index in [1.54, 1.807) is 18.3 Å². The molecule has 8 heteroatoms. The second kappa shape index (κ2) is 7.46. The number of ether oxygens (including phenoxy) is 1. The first-order valence-corrected chi connectivity index (χ1v) is 9.20. The summed E-state index contributed by atoms with van der Waals surface area (Å²) < 4.78 is 20.1. The van der Waals surface area contributed by atoms with Crippen LogP contribution in [-0.2, 0) is 22.5 Å². The van der Waals surface area contributed by atoms with E-state index in [9.17, 15) is 14.0 Å². The van der Waals surface area contributed by atoms with Gasteiger partial charge < -0.3 is 15.0 Å². The lowest BCUT2D eigenvalue weighted by molar-refractivity contribution is -0.119. The summed E-state index contributed by atoms with van der Waals surface area (Å²) in [7, 11) is 0. The fraction of sp³-hybridized carbons (Fsp3) is 0.350. The Bertz CT molecular complexity index is 920. The molecule has 4 rings (SSSR count). The smallest absolute Gasteiger partial charge is 0.414 e. The molecule has 1 aromatic carbocycles. The third-order valence-corrected chi connectivity index (χ3v) is 5.05. The Morgan fingerprint density at radius 1 is 1.36 bits per heavy atom. The number of hydrogen-bond acceptors (Lipinski definition) is 5. The van der Waals surface area contributed by atoms with E-state index in [1.165, 1.54) is 23.5 Å². The lowest BCUT2D eigenvalue weighted by Crippen LogP contribution is -2.33. The van der Waals surface area contributed by atoms with E-state index < -0.39 is 12.2 Å². The molecule has 2 aliphatic rings. The number of hydrogen-bond donors (Lipinski definition) is 1. The molecule has 1 N–H and O–H groups in total. The van der Waals surface area contributed by atoms with Crippen LogP contribution in [0, 0.1) is 5.82 Å². The molecule has 2 aromatic rings. The zero-order valence-electron chi connectivity index (χ0n) is 15.5. The van der Waals surface area contributed by atoms with Gasteiger partial charge in [-0.15, -0.1) is 0 Å². The Kier molecular flexibility index (Phi) is 4.85. The van der Waals surface area contributed by atoms with Crippen LogP contribution in [0.15, 0.2) is 36.7 Å². The molecule has 146 valence electrons. The standard InChI is InChI=1S/C20H21FN4O3/c1-13(26)23-10-17-12-25(20(27)28-17)16-2-3-19(18(21)8-16)24-7-5-14-4-6-22-9-15(14)11-24/h2-4,6,8-9,17H,5,7,10-12H2,1H3,(H,23,26). The molecule has 7 nitrogen and oxygen atoms in total. The number of nitrogens with one attached hydrogen (secondary N) is 1. The first-order chi connectivity index (χ1) is 13.5. The molecule has 1 unspecified atom stereocenters. The Hall–Kier alpha value is -3.16. The van der Waals surface area contributed by atoms with Crippen LogP contribution in [-0.4, -0.2) is 42.7 Å². The number of carbonyl (C=O) groups excluding carboxylic acids is 2. The van der Waals surface area contributed by atoms with Crippen LogP contribution in [0.25, 0.3) is 0 Å². The van der Waals surface area contributed by atoms with Gasteiger partial charge in [0.05, 0.1) is 24.5 Å². The summed E-state index contributed by atoms with van der Waals surface area (Å²) in [5.74, 6) is -0.578. The van der Waals surface area contributed by atoms with Gasteiger partial charge in [-0.05, 0) is 41.8 Å². The van der Waals surface area contributed by atoms with Crippen LogP contribution < -0.4 is 15.1 Å². The number of fused-ring (bicyclic) bond motifs is 1. The van der Waals surface area contributed by atoms with Crippen molar-refractivity contribution < 1.29 is 18.7 Å². The number of carbonyl (C=O) groups is 2. The van der Waals surface area contributed by atoms with E-state index in [1.807, 2.05) is 17.2 Å². The lowest BCUT2D eigenvalue weighted by Gasteiger charge is -2.31. The average Bonchev–Trinajstić information content (AvgIpc) is 3.06. The minimum atomic E-state index is -0.541. The van der Waals surface area contributed by atoms with Gasteiger partial charge in [0, 0.05) is 32.4 Å². The number of pyridine rings is 1. The van der Waals surface area contributed by atoms with Crippen molar-refractivity contribution in [2.45, 2.75) is 26.0 Å². The van der Waals surface area contributed by atoms with E-state index in [0.29, 0.717) is 17.9 Å². The van der Waals surface area contributed by atoms with Crippen LogP contribution in [0.5, 0.6) is 0 Å². The molecule has 1 saturated heterocycles. The van der Waals surface area contributed by atoms with Crippen molar-refractivity contribution in [1.29, 1.82) is 0 Å². The third-order valence-electron chi connectivity index (χ3n) is 5.05. The number of rotatable bonds is 4. The fourth-order valence-electron chi connectivity index (χ4n) is 3.60. The summed E-state index contributed by atoms with van der Waals surface area (Å²) in [6.07, 6.45) is 3.44. The van der Waals surface area contributed by atoms with Crippen molar-refractivity contribution in [2.24, 2.45) is 0 Å². The maximum Gasteiger partial charge on any atom is 0.414 e. The first kappa shape index (κ1) is 18.2. The predicted octanol–water partition coefficient (Wildman–Crippen LogP) is 2.24. The number of anilines is 2. The topological polar surface area (TPSA) is 74.8 Å². The average molecular weight is 384 g/mol. The number of halogens is 1. The Labute approximate surface area is 162 Å². The third kappa shape index (κ3) is 3.62. The lowest BCUT2D eigenvalue weighted by atomic mass is 10.0. The van der Waals surface area contributed by atoms with Crippen molar-refractivity contribution in [2.75, 3.05) is 29.4 Å². The molecule has 1 aromatic heterocycles. The highest BCUT2D eigenvalue weighted by atomic mass is 19.1. The van der Waals surface area contributed by atoms with Crippen molar-refractivity contribution in [3.05, 3.63) is 53.6 Å². The molecule has 0 saturated carbocycles. The Balaban J connectivity index is 1.48. The van der Waals surface area contributed by atoms with Crippen molar-refractivity contribution in [3.63, 3.8) is 0 Å². The number of nitrogens with zero attached hydrogens (tertiary/aromatic N) is 3. The fourth-order valence-corrected chi connectivity index (χ4v) is 3.60. The molecule has 28 heavy (non-hydrogen) atoms. The number of benzene rings is 1. The molecule has 1 fully saturated rings. The summed E-state index contributed by atoms with van der Waals surface area (Å²) >= 11 is 0. The summed E-state index contributed by atoms with van der Waals surface area (Å²) in [6, 6.07) is 6.78. The van der Waals surface area contributed by atoms with Gasteiger partial charge >= 0.3 is 6.09 Å². The largest absolute Gasteiger partial charge is 0.442 e. The van der Waals surface area contributed by atoms with E-state index in [2.05, 4.69) is 10.3 Å². The zero-order valence-corrected chi connectivity index (χ0v) is 15.5. The Morgan fingerprint density at radius 3 is 3.00 bits per heavy atom. The van der Waals surface area contributed by atoms with Gasteiger partial charge in [-0.2, -0.15) is 0 Å². The van der Waals surface area contributed by atoms with Crippen LogP contribution in [0.2, 0.25) is 0 Å². The van der Waals surface area contributed by atoms with Gasteiger partial charge in [0.1, 0.15) is 11.9 Å². The monoisotopic (exact) mass is 384 g/mol. The van der Waals surface area contributed by atoms with Crippen LogP contribution in [0.4, 0.5) is 20.6 Å². The maximum atomic E-state index is 14.8. The van der Waals surface area contributed by atoms with Gasteiger partial charge in [-0.25, -0.2) is 9.18 Å². The van der Waals surface area contributed by atoms with Gasteiger partial charge in [0.25, 0.3) is 0 Å². The highest BCUT2D eigenvalue weighted by molar-refractivity contribution is 5.90. The first-order valence-electron chi connectivity index (χ1n) is 9.20. The SMILES string of the molecule is CC(=O)NCC1CN(c2ccc(N3CCc4ccncc4C3)c(F)c2)C(=O)O1. The Morgan fingerprint density at radius 2 is 2.21 bits per heavy atom. The van der Waals surface area contributed by atoms with Crippen molar-refractivity contribution in [1.82, 2.24) is 10.3 Å².